The SMILES string of the molecule is CC(C)[Si](C#CC1Cc2ccccc2CN1C(=O)OCc1ccccc1)(C(C)C)C(C)C. The van der Waals surface area contributed by atoms with Crippen LogP contribution in [0.1, 0.15) is 58.2 Å². The van der Waals surface area contributed by atoms with Gasteiger partial charge in [-0.05, 0) is 33.3 Å². The molecule has 4 heteroatoms. The number of rotatable bonds is 5. The van der Waals surface area contributed by atoms with Crippen molar-refractivity contribution in [2.75, 3.05) is 0 Å². The summed E-state index contributed by atoms with van der Waals surface area (Å²) in [6.45, 7) is 14.8. The van der Waals surface area contributed by atoms with Gasteiger partial charge in [-0.1, -0.05) is 102 Å². The first-order chi connectivity index (χ1) is 15.3. The molecule has 0 saturated heterocycles. The van der Waals surface area contributed by atoms with Crippen LogP contribution >= 0.6 is 0 Å². The van der Waals surface area contributed by atoms with Gasteiger partial charge >= 0.3 is 6.09 Å². The standard InChI is InChI=1S/C28H37NO2Si/c1-21(2)32(22(3)4,23(5)6)17-16-27-18-25-14-10-11-15-26(25)19-29(27)28(30)31-20-24-12-8-7-9-13-24/h7-15,21-23,27H,18-20H2,1-6H3. The molecule has 1 aliphatic rings. The fourth-order valence-electron chi connectivity index (χ4n) is 5.29. The third kappa shape index (κ3) is 5.10. The molecule has 0 aromatic heterocycles. The summed E-state index contributed by atoms with van der Waals surface area (Å²) in [5.74, 6) is 3.61. The van der Waals surface area contributed by atoms with Gasteiger partial charge in [0, 0.05) is 6.42 Å². The highest BCUT2D eigenvalue weighted by molar-refractivity contribution is 6.90. The van der Waals surface area contributed by atoms with E-state index in [0.29, 0.717) is 23.2 Å². The van der Waals surface area contributed by atoms with Crippen molar-refractivity contribution in [2.24, 2.45) is 0 Å². The second kappa shape index (κ2) is 10.4. The third-order valence-electron chi connectivity index (χ3n) is 7.01. The Morgan fingerprint density at radius 2 is 1.50 bits per heavy atom. The molecule has 3 nitrogen and oxygen atoms in total. The zero-order chi connectivity index (χ0) is 23.3. The Kier molecular flexibility index (Phi) is 7.85. The Bertz CT molecular complexity index is 950. The minimum Gasteiger partial charge on any atom is -0.445 e. The minimum atomic E-state index is -1.88. The topological polar surface area (TPSA) is 29.5 Å². The Morgan fingerprint density at radius 3 is 2.09 bits per heavy atom. The molecule has 1 unspecified atom stereocenters. The van der Waals surface area contributed by atoms with E-state index >= 15 is 0 Å². The number of carbonyl (C=O) groups is 1. The smallest absolute Gasteiger partial charge is 0.411 e. The summed E-state index contributed by atoms with van der Waals surface area (Å²) in [5, 5.41) is 0. The Balaban J connectivity index is 1.90. The van der Waals surface area contributed by atoms with Gasteiger partial charge in [0.05, 0.1) is 6.54 Å². The summed E-state index contributed by atoms with van der Waals surface area (Å²) < 4.78 is 5.72. The lowest BCUT2D eigenvalue weighted by molar-refractivity contribution is 0.0828. The Morgan fingerprint density at radius 1 is 0.938 bits per heavy atom. The van der Waals surface area contributed by atoms with E-state index < -0.39 is 8.07 Å². The van der Waals surface area contributed by atoms with Gasteiger partial charge in [-0.25, -0.2) is 4.79 Å². The zero-order valence-electron chi connectivity index (χ0n) is 20.4. The van der Waals surface area contributed by atoms with Crippen molar-refractivity contribution in [1.82, 2.24) is 4.90 Å². The van der Waals surface area contributed by atoms with Gasteiger partial charge in [0.1, 0.15) is 20.7 Å². The molecule has 2 aromatic rings. The van der Waals surface area contributed by atoms with E-state index in [1.54, 1.807) is 0 Å². The highest BCUT2D eigenvalue weighted by atomic mass is 28.3. The maximum atomic E-state index is 13.2. The number of fused-ring (bicyclic) bond motifs is 1. The van der Waals surface area contributed by atoms with E-state index in [9.17, 15) is 4.79 Å². The van der Waals surface area contributed by atoms with E-state index in [0.717, 1.165) is 12.0 Å². The van der Waals surface area contributed by atoms with Crippen LogP contribution in [-0.2, 0) is 24.3 Å². The molecule has 1 atom stereocenters. The predicted molar refractivity (Wildman–Crippen MR) is 135 cm³/mol. The number of hydrogen-bond donors (Lipinski definition) is 0. The molecule has 0 radical (unpaired) electrons. The van der Waals surface area contributed by atoms with E-state index in [2.05, 4.69) is 71.2 Å². The van der Waals surface area contributed by atoms with E-state index in [4.69, 9.17) is 4.74 Å². The molecule has 1 heterocycles. The van der Waals surface area contributed by atoms with Gasteiger partial charge in [-0.15, -0.1) is 5.54 Å². The molecule has 0 bridgehead atoms. The van der Waals surface area contributed by atoms with Crippen LogP contribution in [0.3, 0.4) is 0 Å². The van der Waals surface area contributed by atoms with Gasteiger partial charge in [-0.3, -0.25) is 4.90 Å². The molecule has 0 saturated carbocycles. The summed E-state index contributed by atoms with van der Waals surface area (Å²) in [7, 11) is -1.88. The largest absolute Gasteiger partial charge is 0.445 e. The molecule has 3 rings (SSSR count). The van der Waals surface area contributed by atoms with Crippen molar-refractivity contribution in [1.29, 1.82) is 0 Å². The maximum absolute atomic E-state index is 13.2. The number of hydrogen-bond acceptors (Lipinski definition) is 2. The second-order valence-corrected chi connectivity index (χ2v) is 15.4. The molecule has 32 heavy (non-hydrogen) atoms. The summed E-state index contributed by atoms with van der Waals surface area (Å²) in [4.78, 5) is 15.0. The average molecular weight is 448 g/mol. The highest BCUT2D eigenvalue weighted by Crippen LogP contribution is 2.41. The third-order valence-corrected chi connectivity index (χ3v) is 13.3. The summed E-state index contributed by atoms with van der Waals surface area (Å²) in [6, 6.07) is 18.1. The lowest BCUT2D eigenvalue weighted by Gasteiger charge is -2.39. The molecular weight excluding hydrogens is 410 g/mol. The van der Waals surface area contributed by atoms with Crippen molar-refractivity contribution in [3.05, 3.63) is 71.3 Å². The number of benzene rings is 2. The van der Waals surface area contributed by atoms with Gasteiger partial charge < -0.3 is 4.74 Å². The van der Waals surface area contributed by atoms with Crippen molar-refractivity contribution in [3.63, 3.8) is 0 Å². The van der Waals surface area contributed by atoms with Crippen molar-refractivity contribution < 1.29 is 9.53 Å². The van der Waals surface area contributed by atoms with Crippen LogP contribution in [-0.4, -0.2) is 25.1 Å². The van der Waals surface area contributed by atoms with E-state index in [1.807, 2.05) is 41.3 Å². The fourth-order valence-corrected chi connectivity index (χ4v) is 10.6. The monoisotopic (exact) mass is 447 g/mol. The van der Waals surface area contributed by atoms with Crippen molar-refractivity contribution in [2.45, 2.75) is 83.8 Å². The normalized spacial score (nSPS) is 16.0. The highest BCUT2D eigenvalue weighted by Gasteiger charge is 2.42. The van der Waals surface area contributed by atoms with E-state index in [1.165, 1.54) is 11.1 Å². The summed E-state index contributed by atoms with van der Waals surface area (Å²) in [6.07, 6.45) is 0.469. The quantitative estimate of drug-likeness (QED) is 0.366. The number of carbonyl (C=O) groups excluding carboxylic acids is 1. The van der Waals surface area contributed by atoms with Crippen molar-refractivity contribution >= 4 is 14.2 Å². The van der Waals surface area contributed by atoms with Gasteiger partial charge in [-0.2, -0.15) is 0 Å². The van der Waals surface area contributed by atoms with Crippen LogP contribution in [0.5, 0.6) is 0 Å². The Labute approximate surface area is 195 Å². The van der Waals surface area contributed by atoms with Crippen LogP contribution in [0.15, 0.2) is 54.6 Å². The average Bonchev–Trinajstić information content (AvgIpc) is 2.77. The Hall–Kier alpha value is -2.51. The molecule has 1 amide bonds. The van der Waals surface area contributed by atoms with Crippen molar-refractivity contribution in [3.8, 4) is 11.5 Å². The van der Waals surface area contributed by atoms with Crippen LogP contribution in [0.4, 0.5) is 4.79 Å². The maximum Gasteiger partial charge on any atom is 0.411 e. The molecule has 170 valence electrons. The summed E-state index contributed by atoms with van der Waals surface area (Å²) in [5.41, 5.74) is 8.97. The van der Waals surface area contributed by atoms with Crippen LogP contribution in [0.2, 0.25) is 16.6 Å². The lowest BCUT2D eigenvalue weighted by atomic mass is 9.95. The predicted octanol–water partition coefficient (Wildman–Crippen LogP) is 6.97. The zero-order valence-corrected chi connectivity index (χ0v) is 21.4. The molecule has 1 aliphatic heterocycles. The van der Waals surface area contributed by atoms with Crippen LogP contribution in [0, 0.1) is 11.5 Å². The molecule has 0 aliphatic carbocycles. The molecule has 0 spiro atoms. The first-order valence-corrected chi connectivity index (χ1v) is 14.1. The summed E-state index contributed by atoms with van der Waals surface area (Å²) >= 11 is 0. The molecule has 0 N–H and O–H groups in total. The first-order valence-electron chi connectivity index (χ1n) is 11.8. The molecular formula is C28H37NO2Si. The molecule has 2 aromatic carbocycles. The first kappa shape index (κ1) is 24.1. The number of ether oxygens (including phenoxy) is 1. The van der Waals surface area contributed by atoms with Gasteiger partial charge in [0.2, 0.25) is 0 Å². The number of amides is 1. The minimum absolute atomic E-state index is 0.156. The van der Waals surface area contributed by atoms with E-state index in [-0.39, 0.29) is 18.7 Å². The lowest BCUT2D eigenvalue weighted by Crippen LogP contribution is -2.46. The second-order valence-electron chi connectivity index (χ2n) is 9.82. The number of nitrogens with zero attached hydrogens (tertiary/aromatic N) is 1. The van der Waals surface area contributed by atoms with Crippen LogP contribution < -0.4 is 0 Å². The van der Waals surface area contributed by atoms with Gasteiger partial charge in [0.15, 0.2) is 0 Å². The fraction of sp³-hybridized carbons (Fsp3) is 0.464. The van der Waals surface area contributed by atoms with Crippen LogP contribution in [0.25, 0.3) is 0 Å². The molecule has 0 fully saturated rings. The van der Waals surface area contributed by atoms with Gasteiger partial charge in [0.25, 0.3) is 0 Å².